The van der Waals surface area contributed by atoms with Gasteiger partial charge in [0.15, 0.2) is 0 Å². The molecule has 1 aromatic carbocycles. The molecule has 1 aliphatic rings. The molecular formula is C15H21N3O3. The van der Waals surface area contributed by atoms with Crippen LogP contribution < -0.4 is 16.0 Å². The fourth-order valence-electron chi connectivity index (χ4n) is 2.56. The summed E-state index contributed by atoms with van der Waals surface area (Å²) in [5.41, 5.74) is 2.74. The summed E-state index contributed by atoms with van der Waals surface area (Å²) in [5, 5.41) is 0. The first-order valence-electron chi connectivity index (χ1n) is 7.19. The first-order chi connectivity index (χ1) is 10.2. The first-order valence-corrected chi connectivity index (χ1v) is 7.19. The molecule has 2 rings (SSSR count). The molecule has 1 fully saturated rings. The fourth-order valence-corrected chi connectivity index (χ4v) is 2.56. The first kappa shape index (κ1) is 15.3. The van der Waals surface area contributed by atoms with Gasteiger partial charge in [0, 0.05) is 19.0 Å². The predicted molar refractivity (Wildman–Crippen MR) is 78.6 cm³/mol. The van der Waals surface area contributed by atoms with Crippen LogP contribution in [0.5, 0.6) is 5.75 Å². The highest BCUT2D eigenvalue weighted by atomic mass is 16.5. The van der Waals surface area contributed by atoms with E-state index in [0.717, 1.165) is 0 Å². The normalized spacial score (nSPS) is 15.6. The zero-order valence-corrected chi connectivity index (χ0v) is 12.2. The monoisotopic (exact) mass is 291 g/mol. The molecule has 0 saturated carbocycles. The van der Waals surface area contributed by atoms with E-state index in [1.807, 2.05) is 19.1 Å². The Morgan fingerprint density at radius 3 is 2.62 bits per heavy atom. The highest BCUT2D eigenvalue weighted by molar-refractivity contribution is 5.97. The zero-order chi connectivity index (χ0) is 15.2. The zero-order valence-electron chi connectivity index (χ0n) is 12.2. The van der Waals surface area contributed by atoms with Crippen molar-refractivity contribution in [2.75, 3.05) is 19.7 Å². The summed E-state index contributed by atoms with van der Waals surface area (Å²) >= 11 is 0. The molecule has 0 bridgehead atoms. The van der Waals surface area contributed by atoms with Crippen molar-refractivity contribution < 1.29 is 14.3 Å². The van der Waals surface area contributed by atoms with Crippen molar-refractivity contribution in [2.45, 2.75) is 19.8 Å². The molecule has 0 radical (unpaired) electrons. The van der Waals surface area contributed by atoms with Crippen molar-refractivity contribution in [3.63, 3.8) is 0 Å². The molecule has 1 heterocycles. The number of nitrogens with one attached hydrogen (secondary N) is 1. The number of hydrogen-bond donors (Lipinski definition) is 2. The van der Waals surface area contributed by atoms with E-state index in [1.165, 1.54) is 0 Å². The molecule has 0 atom stereocenters. The van der Waals surface area contributed by atoms with Gasteiger partial charge in [0.05, 0.1) is 12.2 Å². The van der Waals surface area contributed by atoms with Crippen LogP contribution in [0.1, 0.15) is 30.1 Å². The number of amides is 2. The van der Waals surface area contributed by atoms with Gasteiger partial charge >= 0.3 is 0 Å². The summed E-state index contributed by atoms with van der Waals surface area (Å²) in [6.07, 6.45) is 1.26. The molecule has 2 amide bonds. The van der Waals surface area contributed by atoms with E-state index in [2.05, 4.69) is 5.43 Å². The van der Waals surface area contributed by atoms with Crippen molar-refractivity contribution in [3.05, 3.63) is 29.8 Å². The summed E-state index contributed by atoms with van der Waals surface area (Å²) in [4.78, 5) is 25.8. The average Bonchev–Trinajstić information content (AvgIpc) is 2.54. The Bertz CT molecular complexity index is 511. The summed E-state index contributed by atoms with van der Waals surface area (Å²) in [5.74, 6) is 5.43. The second-order valence-corrected chi connectivity index (χ2v) is 5.00. The van der Waals surface area contributed by atoms with E-state index in [9.17, 15) is 9.59 Å². The third-order valence-corrected chi connectivity index (χ3v) is 3.71. The number of carbonyl (C=O) groups is 2. The van der Waals surface area contributed by atoms with Crippen LogP contribution in [0, 0.1) is 5.92 Å². The van der Waals surface area contributed by atoms with Gasteiger partial charge in [0.25, 0.3) is 5.91 Å². The molecule has 0 unspecified atom stereocenters. The number of hydrazine groups is 1. The van der Waals surface area contributed by atoms with Gasteiger partial charge in [-0.1, -0.05) is 12.1 Å². The second kappa shape index (κ2) is 7.08. The molecule has 1 saturated heterocycles. The van der Waals surface area contributed by atoms with Gasteiger partial charge in [-0.3, -0.25) is 15.0 Å². The number of para-hydroxylation sites is 1. The maximum atomic E-state index is 12.6. The SMILES string of the molecule is CCOc1ccccc1C(=O)N1CCC(C(=O)NN)CC1. The van der Waals surface area contributed by atoms with Gasteiger partial charge in [-0.25, -0.2) is 5.84 Å². The van der Waals surface area contributed by atoms with Gasteiger partial charge < -0.3 is 9.64 Å². The molecule has 1 aromatic rings. The van der Waals surface area contributed by atoms with E-state index < -0.39 is 0 Å². The number of likely N-dealkylation sites (tertiary alicyclic amines) is 1. The minimum absolute atomic E-state index is 0.0503. The Morgan fingerprint density at radius 1 is 1.33 bits per heavy atom. The molecule has 0 aliphatic carbocycles. The van der Waals surface area contributed by atoms with Gasteiger partial charge in [-0.2, -0.15) is 0 Å². The topological polar surface area (TPSA) is 84.7 Å². The lowest BCUT2D eigenvalue weighted by Crippen LogP contribution is -2.44. The van der Waals surface area contributed by atoms with E-state index in [4.69, 9.17) is 10.6 Å². The maximum absolute atomic E-state index is 12.6. The third-order valence-electron chi connectivity index (χ3n) is 3.71. The Labute approximate surface area is 124 Å². The van der Waals surface area contributed by atoms with E-state index in [-0.39, 0.29) is 17.7 Å². The van der Waals surface area contributed by atoms with Crippen LogP contribution in [0.25, 0.3) is 0 Å². The van der Waals surface area contributed by atoms with Crippen LogP contribution in [0.3, 0.4) is 0 Å². The molecule has 6 heteroatoms. The number of piperidine rings is 1. The lowest BCUT2D eigenvalue weighted by Gasteiger charge is -2.31. The number of ether oxygens (including phenoxy) is 1. The van der Waals surface area contributed by atoms with Crippen LogP contribution >= 0.6 is 0 Å². The number of benzene rings is 1. The molecule has 21 heavy (non-hydrogen) atoms. The van der Waals surface area contributed by atoms with Crippen LogP contribution in [-0.4, -0.2) is 36.4 Å². The molecular weight excluding hydrogens is 270 g/mol. The second-order valence-electron chi connectivity index (χ2n) is 5.00. The van der Waals surface area contributed by atoms with E-state index in [1.54, 1.807) is 17.0 Å². The summed E-state index contributed by atoms with van der Waals surface area (Å²) < 4.78 is 5.50. The summed E-state index contributed by atoms with van der Waals surface area (Å²) in [7, 11) is 0. The van der Waals surface area contributed by atoms with Crippen molar-refractivity contribution in [1.82, 2.24) is 10.3 Å². The van der Waals surface area contributed by atoms with Gasteiger partial charge in [-0.15, -0.1) is 0 Å². The van der Waals surface area contributed by atoms with Crippen molar-refractivity contribution in [2.24, 2.45) is 11.8 Å². The summed E-state index contributed by atoms with van der Waals surface area (Å²) in [6.45, 7) is 3.51. The number of hydrogen-bond acceptors (Lipinski definition) is 4. The Balaban J connectivity index is 2.04. The summed E-state index contributed by atoms with van der Waals surface area (Å²) in [6, 6.07) is 7.24. The Kier molecular flexibility index (Phi) is 5.16. The Hall–Kier alpha value is -2.08. The Morgan fingerprint density at radius 2 is 2.00 bits per heavy atom. The highest BCUT2D eigenvalue weighted by Crippen LogP contribution is 2.23. The lowest BCUT2D eigenvalue weighted by molar-refractivity contribution is -0.126. The number of nitrogens with two attached hydrogens (primary N) is 1. The highest BCUT2D eigenvalue weighted by Gasteiger charge is 2.28. The molecule has 0 spiro atoms. The van der Waals surface area contributed by atoms with Crippen LogP contribution in [0.2, 0.25) is 0 Å². The maximum Gasteiger partial charge on any atom is 0.257 e. The molecule has 1 aliphatic heterocycles. The van der Waals surface area contributed by atoms with Crippen molar-refractivity contribution in [1.29, 1.82) is 0 Å². The van der Waals surface area contributed by atoms with Crippen LogP contribution in [-0.2, 0) is 4.79 Å². The fraction of sp³-hybridized carbons (Fsp3) is 0.467. The van der Waals surface area contributed by atoms with E-state index >= 15 is 0 Å². The van der Waals surface area contributed by atoms with Gasteiger partial charge in [0.1, 0.15) is 5.75 Å². The third kappa shape index (κ3) is 3.52. The molecule has 3 N–H and O–H groups in total. The quantitative estimate of drug-likeness (QED) is 0.491. The minimum atomic E-state index is -0.156. The largest absolute Gasteiger partial charge is 0.493 e. The smallest absolute Gasteiger partial charge is 0.257 e. The van der Waals surface area contributed by atoms with Gasteiger partial charge in [-0.05, 0) is 31.9 Å². The lowest BCUT2D eigenvalue weighted by atomic mass is 9.95. The molecule has 114 valence electrons. The molecule has 0 aromatic heterocycles. The predicted octanol–water partition coefficient (Wildman–Crippen LogP) is 0.927. The van der Waals surface area contributed by atoms with E-state index in [0.29, 0.717) is 43.9 Å². The average molecular weight is 291 g/mol. The number of rotatable bonds is 4. The number of carbonyl (C=O) groups excluding carboxylic acids is 2. The van der Waals surface area contributed by atoms with Crippen LogP contribution in [0.4, 0.5) is 0 Å². The van der Waals surface area contributed by atoms with Crippen molar-refractivity contribution >= 4 is 11.8 Å². The van der Waals surface area contributed by atoms with Gasteiger partial charge in [0.2, 0.25) is 5.91 Å². The number of nitrogens with zero attached hydrogens (tertiary/aromatic N) is 1. The minimum Gasteiger partial charge on any atom is -0.493 e. The standard InChI is InChI=1S/C15H21N3O3/c1-2-21-13-6-4-3-5-12(13)15(20)18-9-7-11(8-10-18)14(19)17-16/h3-6,11H,2,7-10,16H2,1H3,(H,17,19). The molecule has 6 nitrogen and oxygen atoms in total. The van der Waals surface area contributed by atoms with Crippen LogP contribution in [0.15, 0.2) is 24.3 Å². The van der Waals surface area contributed by atoms with Crippen molar-refractivity contribution in [3.8, 4) is 5.75 Å².